The first-order valence-corrected chi connectivity index (χ1v) is 13.3. The number of hydrogen-bond acceptors (Lipinski definition) is 6. The van der Waals surface area contributed by atoms with Crippen LogP contribution in [-0.4, -0.2) is 74.5 Å². The number of rotatable bonds is 4. The first-order chi connectivity index (χ1) is 16.2. The summed E-state index contributed by atoms with van der Waals surface area (Å²) in [6.45, 7) is 6.62. The lowest BCUT2D eigenvalue weighted by molar-refractivity contribution is -0.00307. The third kappa shape index (κ3) is 3.76. The summed E-state index contributed by atoms with van der Waals surface area (Å²) in [6.07, 6.45) is 0.587. The van der Waals surface area contributed by atoms with Crippen LogP contribution in [-0.2, 0) is 20.4 Å². The van der Waals surface area contributed by atoms with Crippen molar-refractivity contribution < 1.29 is 22.7 Å². The molecular formula is C25H29N3O5S. The van der Waals surface area contributed by atoms with Gasteiger partial charge in [-0.1, -0.05) is 18.2 Å². The highest BCUT2D eigenvalue weighted by Gasteiger charge is 2.51. The van der Waals surface area contributed by atoms with E-state index in [-0.39, 0.29) is 17.6 Å². The number of carbonyl (C=O) groups excluding carboxylic acids is 2. The van der Waals surface area contributed by atoms with E-state index in [4.69, 9.17) is 4.74 Å². The predicted octanol–water partition coefficient (Wildman–Crippen LogP) is 2.38. The number of piperazine rings is 1. The van der Waals surface area contributed by atoms with Gasteiger partial charge < -0.3 is 14.5 Å². The van der Waals surface area contributed by atoms with Gasteiger partial charge in [-0.05, 0) is 43.7 Å². The Morgan fingerprint density at radius 3 is 2.50 bits per heavy atom. The summed E-state index contributed by atoms with van der Waals surface area (Å²) < 4.78 is 31.6. The predicted molar refractivity (Wildman–Crippen MR) is 128 cm³/mol. The summed E-state index contributed by atoms with van der Waals surface area (Å²) in [6, 6.07) is 13.2. The second kappa shape index (κ2) is 8.39. The molecule has 1 atom stereocenters. The van der Waals surface area contributed by atoms with Crippen LogP contribution in [0.3, 0.4) is 0 Å². The SMILES string of the molecule is CCS(=O)(=O)N1CCN(c2ccc(C(=O)N3CC[C@@]4(C3)OC(=O)c3ccccc34)c(C)c2)CC1. The number of aryl methyl sites for hydroxylation is 1. The maximum absolute atomic E-state index is 13.4. The number of benzene rings is 2. The third-order valence-corrected chi connectivity index (χ3v) is 9.13. The van der Waals surface area contributed by atoms with E-state index in [1.54, 1.807) is 22.2 Å². The van der Waals surface area contributed by atoms with Crippen LogP contribution in [0.4, 0.5) is 5.69 Å². The molecular weight excluding hydrogens is 454 g/mol. The van der Waals surface area contributed by atoms with Gasteiger partial charge in [-0.15, -0.1) is 0 Å². The number of carbonyl (C=O) groups is 2. The van der Waals surface area contributed by atoms with Crippen LogP contribution in [0.1, 0.15) is 45.2 Å². The number of esters is 1. The molecule has 0 aromatic heterocycles. The summed E-state index contributed by atoms with van der Waals surface area (Å²) in [4.78, 5) is 29.6. The highest BCUT2D eigenvalue weighted by Crippen LogP contribution is 2.43. The van der Waals surface area contributed by atoms with E-state index < -0.39 is 15.6 Å². The quantitative estimate of drug-likeness (QED) is 0.621. The lowest BCUT2D eigenvalue weighted by Gasteiger charge is -2.35. The fraction of sp³-hybridized carbons (Fsp3) is 0.440. The standard InChI is InChI=1S/C25H29N3O5S/c1-3-34(31,32)28-14-12-26(13-15-28)19-8-9-20(18(2)16-19)23(29)27-11-10-25(17-27)22-7-5-4-6-21(22)24(30)33-25/h4-9,16H,3,10-15,17H2,1-2H3/t25-/m0/s1. The van der Waals surface area contributed by atoms with Crippen molar-refractivity contribution in [1.82, 2.24) is 9.21 Å². The normalized spacial score (nSPS) is 22.8. The first-order valence-electron chi connectivity index (χ1n) is 11.7. The van der Waals surface area contributed by atoms with E-state index in [2.05, 4.69) is 4.90 Å². The van der Waals surface area contributed by atoms with Gasteiger partial charge in [0.2, 0.25) is 10.0 Å². The number of likely N-dealkylation sites (tertiary alicyclic amines) is 1. The van der Waals surface area contributed by atoms with Crippen LogP contribution < -0.4 is 4.90 Å². The van der Waals surface area contributed by atoms with Gasteiger partial charge in [0.05, 0.1) is 17.9 Å². The zero-order chi connectivity index (χ0) is 24.1. The molecule has 0 bridgehead atoms. The van der Waals surface area contributed by atoms with Gasteiger partial charge in [0.1, 0.15) is 0 Å². The van der Waals surface area contributed by atoms with E-state index in [9.17, 15) is 18.0 Å². The van der Waals surface area contributed by atoms with Crippen LogP contribution in [0.15, 0.2) is 42.5 Å². The van der Waals surface area contributed by atoms with E-state index in [1.165, 1.54) is 0 Å². The van der Waals surface area contributed by atoms with Gasteiger partial charge in [-0.3, -0.25) is 4.79 Å². The van der Waals surface area contributed by atoms with Gasteiger partial charge in [-0.2, -0.15) is 4.31 Å². The topological polar surface area (TPSA) is 87.2 Å². The van der Waals surface area contributed by atoms with E-state index >= 15 is 0 Å². The Balaban J connectivity index is 1.29. The molecule has 3 aliphatic heterocycles. The molecule has 2 aromatic carbocycles. The molecule has 2 saturated heterocycles. The Morgan fingerprint density at radius 1 is 1.06 bits per heavy atom. The molecule has 0 aliphatic carbocycles. The summed E-state index contributed by atoms with van der Waals surface area (Å²) in [5, 5.41) is 0. The maximum Gasteiger partial charge on any atom is 0.339 e. The molecule has 34 heavy (non-hydrogen) atoms. The average Bonchev–Trinajstić information content (AvgIpc) is 3.40. The number of nitrogens with zero attached hydrogens (tertiary/aromatic N) is 3. The fourth-order valence-corrected chi connectivity index (χ4v) is 6.35. The maximum atomic E-state index is 13.4. The molecule has 1 spiro atoms. The number of amides is 1. The lowest BCUT2D eigenvalue weighted by Crippen LogP contribution is -2.49. The van der Waals surface area contributed by atoms with Crippen LogP contribution in [0.25, 0.3) is 0 Å². The highest BCUT2D eigenvalue weighted by atomic mass is 32.2. The number of anilines is 1. The minimum absolute atomic E-state index is 0.0692. The Morgan fingerprint density at radius 2 is 1.79 bits per heavy atom. The summed E-state index contributed by atoms with van der Waals surface area (Å²) in [7, 11) is -3.17. The Labute approximate surface area is 200 Å². The largest absolute Gasteiger partial charge is 0.449 e. The van der Waals surface area contributed by atoms with E-state index in [1.807, 2.05) is 43.3 Å². The van der Waals surface area contributed by atoms with Crippen LogP contribution in [0.5, 0.6) is 0 Å². The lowest BCUT2D eigenvalue weighted by atomic mass is 9.91. The van der Waals surface area contributed by atoms with Crippen LogP contribution >= 0.6 is 0 Å². The van der Waals surface area contributed by atoms with Crippen molar-refractivity contribution in [3.8, 4) is 0 Å². The molecule has 8 nitrogen and oxygen atoms in total. The Hall–Kier alpha value is -2.91. The van der Waals surface area contributed by atoms with Crippen LogP contribution in [0, 0.1) is 6.92 Å². The fourth-order valence-electron chi connectivity index (χ4n) is 5.27. The molecule has 180 valence electrons. The van der Waals surface area contributed by atoms with Crippen molar-refractivity contribution in [1.29, 1.82) is 0 Å². The molecule has 2 aromatic rings. The summed E-state index contributed by atoms with van der Waals surface area (Å²) in [5.41, 5.74) is 3.19. The first kappa shape index (κ1) is 22.9. The summed E-state index contributed by atoms with van der Waals surface area (Å²) >= 11 is 0. The molecule has 3 aliphatic rings. The molecule has 1 amide bonds. The van der Waals surface area contributed by atoms with Gasteiger partial charge in [-0.25, -0.2) is 13.2 Å². The van der Waals surface area contributed by atoms with Crippen molar-refractivity contribution in [2.24, 2.45) is 0 Å². The van der Waals surface area contributed by atoms with E-state index in [0.717, 1.165) is 16.8 Å². The van der Waals surface area contributed by atoms with Gasteiger partial charge in [0.25, 0.3) is 5.91 Å². The van der Waals surface area contributed by atoms with Crippen molar-refractivity contribution >= 4 is 27.6 Å². The minimum atomic E-state index is -3.17. The molecule has 0 unspecified atom stereocenters. The number of fused-ring (bicyclic) bond motifs is 2. The van der Waals surface area contributed by atoms with Gasteiger partial charge in [0, 0.05) is 56.0 Å². The third-order valence-electron chi connectivity index (χ3n) is 7.25. The molecule has 9 heteroatoms. The average molecular weight is 484 g/mol. The molecule has 0 N–H and O–H groups in total. The molecule has 5 rings (SSSR count). The van der Waals surface area contributed by atoms with E-state index in [0.29, 0.717) is 56.8 Å². The second-order valence-corrected chi connectivity index (χ2v) is 11.4. The van der Waals surface area contributed by atoms with Gasteiger partial charge in [0.15, 0.2) is 5.60 Å². The monoisotopic (exact) mass is 483 g/mol. The number of ether oxygens (including phenoxy) is 1. The van der Waals surface area contributed by atoms with Gasteiger partial charge >= 0.3 is 5.97 Å². The summed E-state index contributed by atoms with van der Waals surface area (Å²) in [5.74, 6) is -0.275. The minimum Gasteiger partial charge on any atom is -0.449 e. The number of sulfonamides is 1. The molecule has 3 heterocycles. The zero-order valence-corrected chi connectivity index (χ0v) is 20.3. The highest BCUT2D eigenvalue weighted by molar-refractivity contribution is 7.89. The molecule has 2 fully saturated rings. The smallest absolute Gasteiger partial charge is 0.339 e. The van der Waals surface area contributed by atoms with Crippen LogP contribution in [0.2, 0.25) is 0 Å². The number of hydrogen-bond donors (Lipinski definition) is 0. The molecule has 0 radical (unpaired) electrons. The second-order valence-electron chi connectivity index (χ2n) is 9.19. The Bertz CT molecular complexity index is 1250. The molecule has 0 saturated carbocycles. The Kier molecular flexibility index (Phi) is 5.64. The van der Waals surface area contributed by atoms with Crippen molar-refractivity contribution in [2.75, 3.05) is 49.9 Å². The van der Waals surface area contributed by atoms with Crippen molar-refractivity contribution in [3.05, 3.63) is 64.7 Å². The van der Waals surface area contributed by atoms with Crippen molar-refractivity contribution in [3.63, 3.8) is 0 Å². The van der Waals surface area contributed by atoms with Crippen molar-refractivity contribution in [2.45, 2.75) is 25.9 Å². The zero-order valence-electron chi connectivity index (χ0n) is 19.5.